The lowest BCUT2D eigenvalue weighted by atomic mass is 10.2. The van der Waals surface area contributed by atoms with Crippen LogP contribution in [0.25, 0.3) is 0 Å². The van der Waals surface area contributed by atoms with Gasteiger partial charge in [-0.2, -0.15) is 0 Å². The van der Waals surface area contributed by atoms with Crippen molar-refractivity contribution in [3.05, 3.63) is 11.6 Å². The highest BCUT2D eigenvalue weighted by Crippen LogP contribution is 2.03. The summed E-state index contributed by atoms with van der Waals surface area (Å²) in [5.41, 5.74) is 1.45. The number of ether oxygens (including phenoxy) is 2. The molecule has 1 aliphatic heterocycles. The smallest absolute Gasteiger partial charge is 0.0594 e. The Hall–Kier alpha value is -0.380. The Kier molecular flexibility index (Phi) is 7.47. The molecule has 0 unspecified atom stereocenters. The van der Waals surface area contributed by atoms with Crippen molar-refractivity contribution in [1.82, 2.24) is 4.90 Å². The zero-order valence-electron chi connectivity index (χ0n) is 10.7. The molecule has 0 aliphatic carbocycles. The fourth-order valence-corrected chi connectivity index (χ4v) is 1.81. The summed E-state index contributed by atoms with van der Waals surface area (Å²) in [6.45, 7) is 11.1. The second kappa shape index (κ2) is 8.74. The minimum absolute atomic E-state index is 0.855. The Balaban J connectivity index is 2.07. The van der Waals surface area contributed by atoms with Gasteiger partial charge in [0.15, 0.2) is 0 Å². The van der Waals surface area contributed by atoms with Gasteiger partial charge in [0.2, 0.25) is 0 Å². The van der Waals surface area contributed by atoms with E-state index in [1.165, 1.54) is 5.57 Å². The number of morpholine rings is 1. The summed E-state index contributed by atoms with van der Waals surface area (Å²) in [6.07, 6.45) is 4.44. The van der Waals surface area contributed by atoms with Crippen molar-refractivity contribution in [2.45, 2.75) is 26.7 Å². The molecule has 0 amide bonds. The molecule has 1 rings (SSSR count). The van der Waals surface area contributed by atoms with Gasteiger partial charge in [0, 0.05) is 26.2 Å². The lowest BCUT2D eigenvalue weighted by Gasteiger charge is -2.26. The zero-order valence-corrected chi connectivity index (χ0v) is 10.7. The van der Waals surface area contributed by atoms with E-state index in [1.54, 1.807) is 0 Å². The standard InChI is InChI=1S/C13H25NO2/c1-3-8-15-9-4-5-13(2)12-14-6-10-16-11-7-14/h5H,3-4,6-12H2,1-2H3. The Morgan fingerprint density at radius 1 is 1.31 bits per heavy atom. The number of rotatable bonds is 7. The van der Waals surface area contributed by atoms with E-state index in [9.17, 15) is 0 Å². The molecule has 0 atom stereocenters. The van der Waals surface area contributed by atoms with Gasteiger partial charge in [-0.3, -0.25) is 4.90 Å². The molecule has 1 saturated heterocycles. The van der Waals surface area contributed by atoms with E-state index in [4.69, 9.17) is 9.47 Å². The van der Waals surface area contributed by atoms with Gasteiger partial charge in [-0.15, -0.1) is 0 Å². The SMILES string of the molecule is CCCOCCC=C(C)CN1CCOCC1. The highest BCUT2D eigenvalue weighted by atomic mass is 16.5. The first kappa shape index (κ1) is 13.7. The summed E-state index contributed by atoms with van der Waals surface area (Å²) in [6, 6.07) is 0. The van der Waals surface area contributed by atoms with E-state index in [0.29, 0.717) is 0 Å². The second-order valence-electron chi connectivity index (χ2n) is 4.34. The van der Waals surface area contributed by atoms with Gasteiger partial charge < -0.3 is 9.47 Å². The molecule has 1 aliphatic rings. The fourth-order valence-electron chi connectivity index (χ4n) is 1.81. The van der Waals surface area contributed by atoms with Crippen molar-refractivity contribution in [2.24, 2.45) is 0 Å². The molecule has 0 bridgehead atoms. The first-order valence-corrected chi connectivity index (χ1v) is 6.36. The average Bonchev–Trinajstić information content (AvgIpc) is 2.30. The lowest BCUT2D eigenvalue weighted by Crippen LogP contribution is -2.37. The third-order valence-corrected chi connectivity index (χ3v) is 2.68. The van der Waals surface area contributed by atoms with Crippen LogP contribution in [0.3, 0.4) is 0 Å². The second-order valence-corrected chi connectivity index (χ2v) is 4.34. The Morgan fingerprint density at radius 3 is 2.75 bits per heavy atom. The molecule has 1 heterocycles. The van der Waals surface area contributed by atoms with E-state index >= 15 is 0 Å². The normalized spacial score (nSPS) is 19.0. The molecule has 94 valence electrons. The summed E-state index contributed by atoms with van der Waals surface area (Å²) in [5.74, 6) is 0. The van der Waals surface area contributed by atoms with Gasteiger partial charge in [0.25, 0.3) is 0 Å². The van der Waals surface area contributed by atoms with Crippen molar-refractivity contribution in [1.29, 1.82) is 0 Å². The predicted octanol–water partition coefficient (Wildman–Crippen LogP) is 2.08. The Bertz CT molecular complexity index is 198. The van der Waals surface area contributed by atoms with E-state index < -0.39 is 0 Å². The number of nitrogens with zero attached hydrogens (tertiary/aromatic N) is 1. The fraction of sp³-hybridized carbons (Fsp3) is 0.846. The topological polar surface area (TPSA) is 21.7 Å². The molecule has 0 aromatic heterocycles. The third kappa shape index (κ3) is 6.26. The van der Waals surface area contributed by atoms with E-state index in [1.807, 2.05) is 0 Å². The van der Waals surface area contributed by atoms with E-state index in [-0.39, 0.29) is 0 Å². The van der Waals surface area contributed by atoms with E-state index in [0.717, 1.165) is 58.9 Å². The molecule has 0 aromatic carbocycles. The molecule has 0 aromatic rings. The molecule has 0 radical (unpaired) electrons. The summed E-state index contributed by atoms with van der Waals surface area (Å²) in [5, 5.41) is 0. The maximum Gasteiger partial charge on any atom is 0.0594 e. The van der Waals surface area contributed by atoms with Crippen LogP contribution in [0, 0.1) is 0 Å². The molecule has 3 heteroatoms. The molecule has 0 saturated carbocycles. The van der Waals surface area contributed by atoms with Crippen LogP contribution >= 0.6 is 0 Å². The maximum absolute atomic E-state index is 5.44. The van der Waals surface area contributed by atoms with Crippen molar-refractivity contribution >= 4 is 0 Å². The molecule has 3 nitrogen and oxygen atoms in total. The lowest BCUT2D eigenvalue weighted by molar-refractivity contribution is 0.0422. The summed E-state index contributed by atoms with van der Waals surface area (Å²) in [4.78, 5) is 2.45. The Labute approximate surface area is 99.4 Å². The van der Waals surface area contributed by atoms with Gasteiger partial charge in [0.05, 0.1) is 19.8 Å². The number of hydrogen-bond acceptors (Lipinski definition) is 3. The summed E-state index contributed by atoms with van der Waals surface area (Å²) >= 11 is 0. The van der Waals surface area contributed by atoms with Crippen molar-refractivity contribution in [2.75, 3.05) is 46.1 Å². The van der Waals surface area contributed by atoms with Crippen LogP contribution in [0.15, 0.2) is 11.6 Å². The summed E-state index contributed by atoms with van der Waals surface area (Å²) < 4.78 is 10.8. The average molecular weight is 227 g/mol. The van der Waals surface area contributed by atoms with Crippen molar-refractivity contribution in [3.8, 4) is 0 Å². The van der Waals surface area contributed by atoms with E-state index in [2.05, 4.69) is 24.8 Å². The quantitative estimate of drug-likeness (QED) is 0.491. The van der Waals surface area contributed by atoms with Gasteiger partial charge in [-0.25, -0.2) is 0 Å². The third-order valence-electron chi connectivity index (χ3n) is 2.68. The van der Waals surface area contributed by atoms with Crippen molar-refractivity contribution in [3.63, 3.8) is 0 Å². The van der Waals surface area contributed by atoms with Crippen LogP contribution in [-0.2, 0) is 9.47 Å². The minimum atomic E-state index is 0.855. The molecule has 0 N–H and O–H groups in total. The monoisotopic (exact) mass is 227 g/mol. The largest absolute Gasteiger partial charge is 0.381 e. The molecular weight excluding hydrogens is 202 g/mol. The predicted molar refractivity (Wildman–Crippen MR) is 66.7 cm³/mol. The summed E-state index contributed by atoms with van der Waals surface area (Å²) in [7, 11) is 0. The maximum atomic E-state index is 5.44. The highest BCUT2D eigenvalue weighted by molar-refractivity contribution is 5.00. The van der Waals surface area contributed by atoms with Gasteiger partial charge in [-0.05, 0) is 19.8 Å². The van der Waals surface area contributed by atoms with Crippen LogP contribution in [0.4, 0.5) is 0 Å². The number of hydrogen-bond donors (Lipinski definition) is 0. The highest BCUT2D eigenvalue weighted by Gasteiger charge is 2.09. The minimum Gasteiger partial charge on any atom is -0.381 e. The van der Waals surface area contributed by atoms with Crippen LogP contribution in [0.5, 0.6) is 0 Å². The van der Waals surface area contributed by atoms with Crippen molar-refractivity contribution < 1.29 is 9.47 Å². The molecule has 1 fully saturated rings. The molecule has 0 spiro atoms. The van der Waals surface area contributed by atoms with Crippen LogP contribution in [-0.4, -0.2) is 51.0 Å². The van der Waals surface area contributed by atoms with Gasteiger partial charge in [-0.1, -0.05) is 18.6 Å². The van der Waals surface area contributed by atoms with Crippen LogP contribution in [0.2, 0.25) is 0 Å². The zero-order chi connectivity index (χ0) is 11.6. The Morgan fingerprint density at radius 2 is 2.06 bits per heavy atom. The molecule has 16 heavy (non-hydrogen) atoms. The first-order valence-electron chi connectivity index (χ1n) is 6.36. The molecular formula is C13H25NO2. The van der Waals surface area contributed by atoms with Gasteiger partial charge in [0.1, 0.15) is 0 Å². The van der Waals surface area contributed by atoms with Gasteiger partial charge >= 0.3 is 0 Å². The van der Waals surface area contributed by atoms with Crippen LogP contribution < -0.4 is 0 Å². The van der Waals surface area contributed by atoms with Crippen LogP contribution in [0.1, 0.15) is 26.7 Å². The first-order chi connectivity index (χ1) is 7.83.